The Morgan fingerprint density at radius 2 is 2.05 bits per heavy atom. The minimum Gasteiger partial charge on any atom is -0.394 e. The molecular weight excluding hydrogens is 270 g/mol. The molecule has 21 heavy (non-hydrogen) atoms. The van der Waals surface area contributed by atoms with Gasteiger partial charge in [-0.2, -0.15) is 0 Å². The minimum absolute atomic E-state index is 0.0153. The molecule has 1 saturated carbocycles. The van der Waals surface area contributed by atoms with E-state index >= 15 is 0 Å². The Hall–Kier alpha value is -2.21. The summed E-state index contributed by atoms with van der Waals surface area (Å²) in [5.41, 5.74) is -0.438. The van der Waals surface area contributed by atoms with E-state index in [1.165, 1.54) is 0 Å². The Morgan fingerprint density at radius 1 is 1.33 bits per heavy atom. The predicted molar refractivity (Wildman–Crippen MR) is 78.1 cm³/mol. The smallest absolute Gasteiger partial charge is 0.287 e. The molecule has 3 N–H and O–H groups in total. The van der Waals surface area contributed by atoms with Gasteiger partial charge in [-0.1, -0.05) is 25.0 Å². The molecule has 110 valence electrons. The molecule has 1 aliphatic rings. The highest BCUT2D eigenvalue weighted by atomic mass is 16.3. The van der Waals surface area contributed by atoms with Gasteiger partial charge < -0.3 is 15.4 Å². The highest BCUT2D eigenvalue weighted by Crippen LogP contribution is 2.29. The molecule has 1 aromatic heterocycles. The quantitative estimate of drug-likeness (QED) is 0.783. The highest BCUT2D eigenvalue weighted by Gasteiger charge is 2.35. The standard InChI is InChI=1S/C15H17N3O3/c19-9-15(7-3-4-8-15)18-14(21)12-16-11-6-2-1-5-10(11)13(20)17-12/h1-2,5-6,19H,3-4,7-9H2,(H,18,21)(H,16,17,20). The third-order valence-corrected chi connectivity index (χ3v) is 4.07. The summed E-state index contributed by atoms with van der Waals surface area (Å²) < 4.78 is 0. The van der Waals surface area contributed by atoms with Gasteiger partial charge in [-0.25, -0.2) is 4.98 Å². The molecule has 6 nitrogen and oxygen atoms in total. The number of fused-ring (bicyclic) bond motifs is 1. The molecule has 2 aromatic rings. The van der Waals surface area contributed by atoms with Crippen LogP contribution in [0.1, 0.15) is 36.3 Å². The Kier molecular flexibility index (Phi) is 3.47. The van der Waals surface area contributed by atoms with Crippen LogP contribution in [0.15, 0.2) is 29.1 Å². The summed E-state index contributed by atoms with van der Waals surface area (Å²) in [6, 6.07) is 6.87. The lowest BCUT2D eigenvalue weighted by Crippen LogP contribution is -2.49. The molecule has 0 saturated heterocycles. The largest absolute Gasteiger partial charge is 0.394 e. The lowest BCUT2D eigenvalue weighted by Gasteiger charge is -2.27. The summed E-state index contributed by atoms with van der Waals surface area (Å²) in [7, 11) is 0. The summed E-state index contributed by atoms with van der Waals surface area (Å²) in [5.74, 6) is -0.466. The number of rotatable bonds is 3. The molecule has 1 heterocycles. The van der Waals surface area contributed by atoms with Crippen LogP contribution in [0.25, 0.3) is 10.9 Å². The number of hydrogen-bond acceptors (Lipinski definition) is 4. The molecule has 0 spiro atoms. The number of aromatic nitrogens is 2. The fourth-order valence-electron chi connectivity index (χ4n) is 2.87. The van der Waals surface area contributed by atoms with E-state index < -0.39 is 11.4 Å². The van der Waals surface area contributed by atoms with Crippen LogP contribution >= 0.6 is 0 Å². The van der Waals surface area contributed by atoms with Crippen molar-refractivity contribution < 1.29 is 9.90 Å². The topological polar surface area (TPSA) is 95.1 Å². The van der Waals surface area contributed by atoms with Crippen LogP contribution in [-0.2, 0) is 0 Å². The second-order valence-electron chi connectivity index (χ2n) is 5.53. The number of nitrogens with one attached hydrogen (secondary N) is 2. The van der Waals surface area contributed by atoms with Crippen LogP contribution in [0, 0.1) is 0 Å². The van der Waals surface area contributed by atoms with Gasteiger partial charge in [0.1, 0.15) is 0 Å². The Bertz CT molecular complexity index is 732. The number of aromatic amines is 1. The van der Waals surface area contributed by atoms with Gasteiger partial charge in [0, 0.05) is 0 Å². The van der Waals surface area contributed by atoms with E-state index in [1.54, 1.807) is 24.3 Å². The van der Waals surface area contributed by atoms with Gasteiger partial charge >= 0.3 is 0 Å². The summed E-state index contributed by atoms with van der Waals surface area (Å²) >= 11 is 0. The average Bonchev–Trinajstić information content (AvgIpc) is 2.96. The maximum Gasteiger partial charge on any atom is 0.287 e. The normalized spacial score (nSPS) is 17.0. The van der Waals surface area contributed by atoms with Crippen molar-refractivity contribution in [2.75, 3.05) is 6.61 Å². The second kappa shape index (κ2) is 5.29. The number of aliphatic hydroxyl groups is 1. The summed E-state index contributed by atoms with van der Waals surface area (Å²) in [5, 5.41) is 12.8. The van der Waals surface area contributed by atoms with Gasteiger partial charge in [0.05, 0.1) is 23.0 Å². The zero-order valence-electron chi connectivity index (χ0n) is 11.6. The van der Waals surface area contributed by atoms with Gasteiger partial charge in [-0.05, 0) is 25.0 Å². The number of carbonyl (C=O) groups excluding carboxylic acids is 1. The molecule has 3 rings (SSSR count). The number of benzene rings is 1. The highest BCUT2D eigenvalue weighted by molar-refractivity contribution is 5.93. The van der Waals surface area contributed by atoms with E-state index in [9.17, 15) is 14.7 Å². The first-order valence-electron chi connectivity index (χ1n) is 7.06. The molecule has 0 unspecified atom stereocenters. The minimum atomic E-state index is -0.582. The molecule has 1 fully saturated rings. The first-order chi connectivity index (χ1) is 10.1. The van der Waals surface area contributed by atoms with Gasteiger partial charge in [0.15, 0.2) is 5.82 Å². The Labute approximate surface area is 121 Å². The van der Waals surface area contributed by atoms with E-state index in [4.69, 9.17) is 0 Å². The number of nitrogens with zero attached hydrogens (tertiary/aromatic N) is 1. The van der Waals surface area contributed by atoms with Crippen LogP contribution in [0.2, 0.25) is 0 Å². The number of amides is 1. The average molecular weight is 287 g/mol. The van der Waals surface area contributed by atoms with Crippen LogP contribution in [0.4, 0.5) is 0 Å². The van der Waals surface area contributed by atoms with E-state index in [-0.39, 0.29) is 18.0 Å². The van der Waals surface area contributed by atoms with Gasteiger partial charge in [0.25, 0.3) is 11.5 Å². The van der Waals surface area contributed by atoms with Crippen molar-refractivity contribution in [3.63, 3.8) is 0 Å². The molecule has 1 aromatic carbocycles. The van der Waals surface area contributed by atoms with Gasteiger partial charge in [-0.15, -0.1) is 0 Å². The maximum absolute atomic E-state index is 12.3. The van der Waals surface area contributed by atoms with Crippen molar-refractivity contribution in [3.8, 4) is 0 Å². The number of aliphatic hydroxyl groups excluding tert-OH is 1. The third-order valence-electron chi connectivity index (χ3n) is 4.07. The number of carbonyl (C=O) groups is 1. The zero-order valence-corrected chi connectivity index (χ0v) is 11.6. The molecule has 6 heteroatoms. The van der Waals surface area contributed by atoms with E-state index in [2.05, 4.69) is 15.3 Å². The molecule has 0 aliphatic heterocycles. The van der Waals surface area contributed by atoms with Crippen molar-refractivity contribution in [1.82, 2.24) is 15.3 Å². The molecule has 1 aliphatic carbocycles. The Morgan fingerprint density at radius 3 is 2.76 bits per heavy atom. The predicted octanol–water partition coefficient (Wildman–Crippen LogP) is 0.958. The fraction of sp³-hybridized carbons (Fsp3) is 0.400. The van der Waals surface area contributed by atoms with Crippen molar-refractivity contribution in [2.45, 2.75) is 31.2 Å². The van der Waals surface area contributed by atoms with Crippen molar-refractivity contribution in [3.05, 3.63) is 40.4 Å². The summed E-state index contributed by atoms with van der Waals surface area (Å²) in [6.07, 6.45) is 3.44. The van der Waals surface area contributed by atoms with E-state index in [0.717, 1.165) is 25.7 Å². The molecule has 0 atom stereocenters. The summed E-state index contributed by atoms with van der Waals surface area (Å²) in [6.45, 7) is -0.101. The first-order valence-corrected chi connectivity index (χ1v) is 7.06. The van der Waals surface area contributed by atoms with E-state index in [1.807, 2.05) is 0 Å². The monoisotopic (exact) mass is 287 g/mol. The maximum atomic E-state index is 12.3. The van der Waals surface area contributed by atoms with Gasteiger partial charge in [-0.3, -0.25) is 9.59 Å². The lowest BCUT2D eigenvalue weighted by atomic mass is 9.99. The second-order valence-corrected chi connectivity index (χ2v) is 5.53. The van der Waals surface area contributed by atoms with E-state index in [0.29, 0.717) is 10.9 Å². The molecule has 1 amide bonds. The first kappa shape index (κ1) is 13.8. The Balaban J connectivity index is 1.93. The summed E-state index contributed by atoms with van der Waals surface area (Å²) in [4.78, 5) is 31.0. The van der Waals surface area contributed by atoms with Crippen LogP contribution < -0.4 is 10.9 Å². The molecule has 0 bridgehead atoms. The van der Waals surface area contributed by atoms with Gasteiger partial charge in [0.2, 0.25) is 0 Å². The number of para-hydroxylation sites is 1. The van der Waals surface area contributed by atoms with Crippen molar-refractivity contribution >= 4 is 16.8 Å². The SMILES string of the molecule is O=C(NC1(CO)CCCC1)c1nc2ccccc2c(=O)[nH]1. The lowest BCUT2D eigenvalue weighted by molar-refractivity contribution is 0.0828. The zero-order chi connectivity index (χ0) is 14.9. The fourth-order valence-corrected chi connectivity index (χ4v) is 2.87. The third kappa shape index (κ3) is 2.54. The van der Waals surface area contributed by atoms with Crippen LogP contribution in [0.3, 0.4) is 0 Å². The van der Waals surface area contributed by atoms with Crippen molar-refractivity contribution in [1.29, 1.82) is 0 Å². The molecule has 0 radical (unpaired) electrons. The molecular formula is C15H17N3O3. The van der Waals surface area contributed by atoms with Crippen LogP contribution in [0.5, 0.6) is 0 Å². The number of H-pyrrole nitrogens is 1. The van der Waals surface area contributed by atoms with Crippen molar-refractivity contribution in [2.24, 2.45) is 0 Å². The number of hydrogen-bond donors (Lipinski definition) is 3. The van der Waals surface area contributed by atoms with Crippen LogP contribution in [-0.4, -0.2) is 33.1 Å².